The van der Waals surface area contributed by atoms with Gasteiger partial charge in [-0.2, -0.15) is 0 Å². The van der Waals surface area contributed by atoms with Crippen molar-refractivity contribution in [3.05, 3.63) is 63.8 Å². The molecule has 12 heteroatoms. The van der Waals surface area contributed by atoms with Gasteiger partial charge in [0.05, 0.1) is 18.6 Å². The number of phenols is 1. The summed E-state index contributed by atoms with van der Waals surface area (Å²) in [6.07, 6.45) is -13.3. The number of ether oxygens (including phenoxy) is 2. The third-order valence-corrected chi connectivity index (χ3v) is 7.06. The summed E-state index contributed by atoms with van der Waals surface area (Å²) in [5.41, 5.74) is 0.134. The molecular weight excluding hydrogens is 504 g/mol. The van der Waals surface area contributed by atoms with E-state index in [0.29, 0.717) is 5.56 Å². The first-order chi connectivity index (χ1) is 18.1. The summed E-state index contributed by atoms with van der Waals surface area (Å²) < 4.78 is 17.3. The van der Waals surface area contributed by atoms with Gasteiger partial charge in [-0.25, -0.2) is 0 Å². The Balaban J connectivity index is 1.71. The molecule has 2 saturated heterocycles. The van der Waals surface area contributed by atoms with Crippen molar-refractivity contribution < 1.29 is 54.7 Å². The van der Waals surface area contributed by atoms with Crippen LogP contribution >= 0.6 is 0 Å². The normalized spacial score (nSPS) is 33.9. The highest BCUT2D eigenvalue weighted by Crippen LogP contribution is 2.39. The highest BCUT2D eigenvalue weighted by Gasteiger charge is 2.45. The van der Waals surface area contributed by atoms with Gasteiger partial charge >= 0.3 is 0 Å². The summed E-state index contributed by atoms with van der Waals surface area (Å²) in [5, 5.41) is 81.3. The molecule has 2 aliphatic heterocycles. The maximum absolute atomic E-state index is 13.4. The molecule has 0 unspecified atom stereocenters. The van der Waals surface area contributed by atoms with Crippen LogP contribution in [0.2, 0.25) is 0 Å². The molecule has 2 fully saturated rings. The van der Waals surface area contributed by atoms with Crippen molar-refractivity contribution in [1.29, 1.82) is 0 Å². The van der Waals surface area contributed by atoms with Gasteiger partial charge in [-0.15, -0.1) is 0 Å². The Morgan fingerprint density at radius 1 is 0.816 bits per heavy atom. The first-order valence-corrected chi connectivity index (χ1v) is 12.0. The SMILES string of the molecule is O=c1cc(-c2ccc(O)cc2)oc2cc([C@@H]3OC[C@H](O)[C@H](O)[C@H]3O)cc([C@@H]3O[C@H](CO)[C@@H](O)[C@H](O)[C@H]3O)c12. The number of rotatable bonds is 4. The Labute approximate surface area is 215 Å². The van der Waals surface area contributed by atoms with Crippen molar-refractivity contribution in [2.75, 3.05) is 13.2 Å². The van der Waals surface area contributed by atoms with Crippen molar-refractivity contribution in [2.24, 2.45) is 0 Å². The molecule has 3 aromatic rings. The second-order valence-corrected chi connectivity index (χ2v) is 9.56. The maximum atomic E-state index is 13.4. The molecule has 5 rings (SSSR count). The van der Waals surface area contributed by atoms with Crippen molar-refractivity contribution >= 4 is 11.0 Å². The monoisotopic (exact) mass is 532 g/mol. The average Bonchev–Trinajstić information content (AvgIpc) is 2.90. The zero-order valence-electron chi connectivity index (χ0n) is 19.9. The maximum Gasteiger partial charge on any atom is 0.193 e. The quantitative estimate of drug-likeness (QED) is 0.200. The standard InChI is InChI=1S/C26H28O12/c27-8-18-21(32)22(33)24(35)26(38-18)13-5-11(25-23(34)20(31)15(30)9-36-25)6-17-19(13)14(29)7-16(37-17)10-1-3-12(28)4-2-10/h1-7,15,18,20-28,30-35H,8-9H2/t15-,18+,20-,21+,22-,23+,24+,25-,26-/m0/s1. The average molecular weight is 532 g/mol. The van der Waals surface area contributed by atoms with Gasteiger partial charge in [0.25, 0.3) is 0 Å². The molecule has 0 bridgehead atoms. The minimum absolute atomic E-state index is 0.00764. The topological polar surface area (TPSA) is 211 Å². The van der Waals surface area contributed by atoms with E-state index in [9.17, 15) is 45.6 Å². The Morgan fingerprint density at radius 2 is 1.50 bits per heavy atom. The molecule has 0 aliphatic carbocycles. The van der Waals surface area contributed by atoms with E-state index in [4.69, 9.17) is 13.9 Å². The van der Waals surface area contributed by atoms with E-state index in [1.54, 1.807) is 0 Å². The molecule has 0 amide bonds. The molecule has 8 N–H and O–H groups in total. The Bertz CT molecular complexity index is 1350. The number of fused-ring (bicyclic) bond motifs is 1. The fourth-order valence-corrected chi connectivity index (χ4v) is 4.96. The summed E-state index contributed by atoms with van der Waals surface area (Å²) in [5.74, 6) is 0.147. The number of hydrogen-bond donors (Lipinski definition) is 8. The van der Waals surface area contributed by atoms with Crippen molar-refractivity contribution in [3.8, 4) is 17.1 Å². The van der Waals surface area contributed by atoms with Crippen LogP contribution < -0.4 is 5.43 Å². The number of benzene rings is 2. The first kappa shape index (κ1) is 26.7. The molecule has 12 nitrogen and oxygen atoms in total. The Hall–Kier alpha value is -2.91. The summed E-state index contributed by atoms with van der Waals surface area (Å²) >= 11 is 0. The molecule has 2 aliphatic rings. The fraction of sp³-hybridized carbons (Fsp3) is 0.423. The van der Waals surface area contributed by atoms with Crippen LogP contribution in [-0.4, -0.2) is 96.8 Å². The summed E-state index contributed by atoms with van der Waals surface area (Å²) in [6, 6.07) is 9.88. The van der Waals surface area contributed by atoms with Crippen LogP contribution in [0.5, 0.6) is 5.75 Å². The van der Waals surface area contributed by atoms with E-state index in [-0.39, 0.29) is 40.2 Å². The van der Waals surface area contributed by atoms with E-state index in [0.717, 1.165) is 0 Å². The lowest BCUT2D eigenvalue weighted by Crippen LogP contribution is -2.55. The van der Waals surface area contributed by atoms with Gasteiger partial charge in [0.15, 0.2) is 5.43 Å². The molecule has 3 heterocycles. The lowest BCUT2D eigenvalue weighted by atomic mass is 9.86. The molecule has 2 aromatic carbocycles. The molecule has 1 aromatic heterocycles. The Kier molecular flexibility index (Phi) is 7.26. The van der Waals surface area contributed by atoms with E-state index in [2.05, 4.69) is 0 Å². The predicted octanol–water partition coefficient (Wildman–Crippen LogP) is -1.17. The largest absolute Gasteiger partial charge is 0.508 e. The number of hydrogen-bond acceptors (Lipinski definition) is 12. The fourth-order valence-electron chi connectivity index (χ4n) is 4.96. The van der Waals surface area contributed by atoms with Gasteiger partial charge in [0, 0.05) is 11.6 Å². The van der Waals surface area contributed by atoms with Crippen molar-refractivity contribution in [1.82, 2.24) is 0 Å². The number of aliphatic hydroxyl groups is 7. The minimum Gasteiger partial charge on any atom is -0.508 e. The summed E-state index contributed by atoms with van der Waals surface area (Å²) in [4.78, 5) is 13.4. The van der Waals surface area contributed by atoms with Gasteiger partial charge < -0.3 is 54.7 Å². The van der Waals surface area contributed by atoms with Gasteiger partial charge in [-0.05, 0) is 47.5 Å². The number of aromatic hydroxyl groups is 1. The van der Waals surface area contributed by atoms with Crippen molar-refractivity contribution in [3.63, 3.8) is 0 Å². The second-order valence-electron chi connectivity index (χ2n) is 9.56. The third-order valence-electron chi connectivity index (χ3n) is 7.06. The van der Waals surface area contributed by atoms with Crippen LogP contribution in [0, 0.1) is 0 Å². The van der Waals surface area contributed by atoms with E-state index in [1.807, 2.05) is 0 Å². The van der Waals surface area contributed by atoms with Crippen LogP contribution in [0.15, 0.2) is 51.7 Å². The van der Waals surface area contributed by atoms with Gasteiger partial charge in [-0.3, -0.25) is 4.79 Å². The molecule has 38 heavy (non-hydrogen) atoms. The smallest absolute Gasteiger partial charge is 0.193 e. The highest BCUT2D eigenvalue weighted by atomic mass is 16.5. The van der Waals surface area contributed by atoms with Gasteiger partial charge in [0.2, 0.25) is 0 Å². The summed E-state index contributed by atoms with van der Waals surface area (Å²) in [7, 11) is 0. The number of phenolic OH excluding ortho intramolecular Hbond substituents is 1. The third kappa shape index (κ3) is 4.60. The van der Waals surface area contributed by atoms with Crippen LogP contribution in [0.1, 0.15) is 23.3 Å². The van der Waals surface area contributed by atoms with Crippen LogP contribution in [-0.2, 0) is 9.47 Å². The number of aliphatic hydroxyl groups excluding tert-OH is 7. The zero-order valence-corrected chi connectivity index (χ0v) is 19.9. The van der Waals surface area contributed by atoms with Crippen LogP contribution in [0.25, 0.3) is 22.3 Å². The van der Waals surface area contributed by atoms with Crippen molar-refractivity contribution in [2.45, 2.75) is 54.9 Å². The lowest BCUT2D eigenvalue weighted by molar-refractivity contribution is -0.231. The van der Waals surface area contributed by atoms with E-state index < -0.39 is 67.0 Å². The van der Waals surface area contributed by atoms with Crippen LogP contribution in [0.3, 0.4) is 0 Å². The lowest BCUT2D eigenvalue weighted by Gasteiger charge is -2.41. The Morgan fingerprint density at radius 3 is 2.18 bits per heavy atom. The van der Waals surface area contributed by atoms with Gasteiger partial charge in [-0.1, -0.05) is 0 Å². The molecule has 0 saturated carbocycles. The van der Waals surface area contributed by atoms with Gasteiger partial charge in [0.1, 0.15) is 72.0 Å². The predicted molar refractivity (Wildman–Crippen MR) is 129 cm³/mol. The molecule has 9 atom stereocenters. The highest BCUT2D eigenvalue weighted by molar-refractivity contribution is 5.83. The molecule has 204 valence electrons. The molecule has 0 radical (unpaired) electrons. The van der Waals surface area contributed by atoms with Crippen LogP contribution in [0.4, 0.5) is 0 Å². The zero-order chi connectivity index (χ0) is 27.3. The molecule has 0 spiro atoms. The summed E-state index contributed by atoms with van der Waals surface area (Å²) in [6.45, 7) is -0.985. The minimum atomic E-state index is -1.72. The molecular formula is C26H28O12. The second kappa shape index (κ2) is 10.3. The van der Waals surface area contributed by atoms with E-state index >= 15 is 0 Å². The van der Waals surface area contributed by atoms with E-state index in [1.165, 1.54) is 42.5 Å². The first-order valence-electron chi connectivity index (χ1n) is 12.0.